The first kappa shape index (κ1) is 16.8. The molecule has 0 atom stereocenters. The summed E-state index contributed by atoms with van der Waals surface area (Å²) in [7, 11) is 0. The van der Waals surface area contributed by atoms with Gasteiger partial charge in [0.15, 0.2) is 0 Å². The lowest BCUT2D eigenvalue weighted by atomic mass is 10.1. The average Bonchev–Trinajstić information content (AvgIpc) is 3.25. The van der Waals surface area contributed by atoms with Crippen molar-refractivity contribution in [2.24, 2.45) is 0 Å². The first-order valence-electron chi connectivity index (χ1n) is 8.18. The third-order valence-electron chi connectivity index (χ3n) is 3.85. The molecule has 0 saturated heterocycles. The van der Waals surface area contributed by atoms with E-state index in [9.17, 15) is 4.79 Å². The summed E-state index contributed by atoms with van der Waals surface area (Å²) in [6.07, 6.45) is 3.01. The van der Waals surface area contributed by atoms with Crippen LogP contribution in [-0.2, 0) is 6.42 Å². The van der Waals surface area contributed by atoms with Crippen LogP contribution in [-0.4, -0.2) is 27.8 Å². The van der Waals surface area contributed by atoms with E-state index in [1.165, 1.54) is 6.33 Å². The van der Waals surface area contributed by atoms with Crippen molar-refractivity contribution in [3.8, 4) is 11.3 Å². The molecule has 0 saturated carbocycles. The maximum absolute atomic E-state index is 12.1. The largest absolute Gasteiger partial charge is 0.461 e. The van der Waals surface area contributed by atoms with Crippen molar-refractivity contribution >= 4 is 11.7 Å². The number of carbonyl (C=O) groups is 1. The third-order valence-corrected chi connectivity index (χ3v) is 3.85. The second-order valence-corrected chi connectivity index (χ2v) is 5.86. The molecule has 2 heterocycles. The highest BCUT2D eigenvalue weighted by Crippen LogP contribution is 2.26. The van der Waals surface area contributed by atoms with E-state index in [1.807, 2.05) is 44.2 Å². The molecule has 3 N–H and O–H groups in total. The molecular weight excluding hydrogens is 318 g/mol. The molecule has 2 amide bonds. The number of anilines is 1. The van der Waals surface area contributed by atoms with Gasteiger partial charge in [0, 0.05) is 24.2 Å². The summed E-state index contributed by atoms with van der Waals surface area (Å²) in [6, 6.07) is 9.48. The fraction of sp³-hybridized carbons (Fsp3) is 0.278. The summed E-state index contributed by atoms with van der Waals surface area (Å²) in [5.74, 6) is 2.46. The number of hydrogen-bond acceptors (Lipinski definition) is 4. The number of nitrogens with zero attached hydrogens (tertiary/aromatic N) is 2. The van der Waals surface area contributed by atoms with Gasteiger partial charge in [0.2, 0.25) is 0 Å². The highest BCUT2D eigenvalue weighted by Gasteiger charge is 2.08. The van der Waals surface area contributed by atoms with Gasteiger partial charge in [-0.1, -0.05) is 12.1 Å². The van der Waals surface area contributed by atoms with Crippen molar-refractivity contribution in [2.45, 2.75) is 26.7 Å². The van der Waals surface area contributed by atoms with Crippen LogP contribution >= 0.6 is 0 Å². The predicted molar refractivity (Wildman–Crippen MR) is 95.3 cm³/mol. The number of aromatic amines is 1. The van der Waals surface area contributed by atoms with Crippen LogP contribution < -0.4 is 10.6 Å². The van der Waals surface area contributed by atoms with Gasteiger partial charge in [-0.3, -0.25) is 5.10 Å². The van der Waals surface area contributed by atoms with Gasteiger partial charge in [-0.25, -0.2) is 9.78 Å². The average molecular weight is 339 g/mol. The number of H-pyrrole nitrogens is 1. The Morgan fingerprint density at radius 3 is 2.84 bits per heavy atom. The molecule has 0 aliphatic rings. The number of aryl methyl sites for hydroxylation is 3. The zero-order valence-corrected chi connectivity index (χ0v) is 14.3. The van der Waals surface area contributed by atoms with Crippen molar-refractivity contribution in [3.63, 3.8) is 0 Å². The van der Waals surface area contributed by atoms with E-state index < -0.39 is 0 Å². The number of urea groups is 1. The predicted octanol–water partition coefficient (Wildman–Crippen LogP) is 3.44. The molecule has 25 heavy (non-hydrogen) atoms. The van der Waals surface area contributed by atoms with E-state index in [0.717, 1.165) is 47.0 Å². The van der Waals surface area contributed by atoms with Gasteiger partial charge in [-0.15, -0.1) is 0 Å². The van der Waals surface area contributed by atoms with Gasteiger partial charge in [-0.2, -0.15) is 5.10 Å². The molecular formula is C18H21N5O2. The van der Waals surface area contributed by atoms with Crippen LogP contribution in [0.15, 0.2) is 41.1 Å². The molecule has 2 aromatic heterocycles. The van der Waals surface area contributed by atoms with Gasteiger partial charge < -0.3 is 15.1 Å². The molecule has 0 aliphatic carbocycles. The minimum absolute atomic E-state index is 0.228. The van der Waals surface area contributed by atoms with Gasteiger partial charge in [0.05, 0.1) is 0 Å². The molecule has 0 bridgehead atoms. The van der Waals surface area contributed by atoms with E-state index in [2.05, 4.69) is 25.8 Å². The Bertz CT molecular complexity index is 839. The first-order valence-corrected chi connectivity index (χ1v) is 8.18. The molecule has 0 aliphatic heterocycles. The van der Waals surface area contributed by atoms with Crippen LogP contribution in [0.3, 0.4) is 0 Å². The quantitative estimate of drug-likeness (QED) is 0.599. The maximum atomic E-state index is 12.1. The summed E-state index contributed by atoms with van der Waals surface area (Å²) < 4.78 is 5.64. The van der Waals surface area contributed by atoms with Crippen molar-refractivity contribution in [1.29, 1.82) is 0 Å². The fourth-order valence-electron chi connectivity index (χ4n) is 2.48. The van der Waals surface area contributed by atoms with Crippen LogP contribution in [0.1, 0.15) is 23.6 Å². The number of rotatable bonds is 6. The van der Waals surface area contributed by atoms with Crippen LogP contribution in [0.2, 0.25) is 0 Å². The lowest BCUT2D eigenvalue weighted by Gasteiger charge is -2.11. The summed E-state index contributed by atoms with van der Waals surface area (Å²) in [4.78, 5) is 16.1. The lowest BCUT2D eigenvalue weighted by Crippen LogP contribution is -2.30. The number of furan rings is 1. The smallest absolute Gasteiger partial charge is 0.319 e. The zero-order chi connectivity index (χ0) is 17.6. The second-order valence-electron chi connectivity index (χ2n) is 5.86. The van der Waals surface area contributed by atoms with Gasteiger partial charge in [-0.05, 0) is 44.0 Å². The normalized spacial score (nSPS) is 10.6. The van der Waals surface area contributed by atoms with Crippen LogP contribution in [0, 0.1) is 13.8 Å². The minimum Gasteiger partial charge on any atom is -0.461 e. The monoisotopic (exact) mass is 339 g/mol. The first-order chi connectivity index (χ1) is 12.1. The highest BCUT2D eigenvalue weighted by molar-refractivity contribution is 5.90. The van der Waals surface area contributed by atoms with Gasteiger partial charge in [0.25, 0.3) is 0 Å². The Hall–Kier alpha value is -3.09. The van der Waals surface area contributed by atoms with Crippen molar-refractivity contribution in [2.75, 3.05) is 11.9 Å². The van der Waals surface area contributed by atoms with E-state index >= 15 is 0 Å². The number of amides is 2. The standard InChI is InChI=1S/C18H21N5O2/c1-12-5-7-14(16-8-6-13(2)25-16)10-15(12)22-18(24)19-9-3-4-17-20-11-21-23-17/h5-8,10-11H,3-4,9H2,1-2H3,(H2,19,22,24)(H,20,21,23). The van der Waals surface area contributed by atoms with E-state index in [0.29, 0.717) is 6.54 Å². The molecule has 7 nitrogen and oxygen atoms in total. The number of nitrogens with one attached hydrogen (secondary N) is 3. The van der Waals surface area contributed by atoms with Crippen LogP contribution in [0.25, 0.3) is 11.3 Å². The zero-order valence-electron chi connectivity index (χ0n) is 14.3. The number of benzene rings is 1. The molecule has 130 valence electrons. The highest BCUT2D eigenvalue weighted by atomic mass is 16.3. The Balaban J connectivity index is 1.55. The SMILES string of the molecule is Cc1ccc(-c2ccc(C)c(NC(=O)NCCCc3ncn[nH]3)c2)o1. The van der Waals surface area contributed by atoms with Gasteiger partial charge in [0.1, 0.15) is 23.7 Å². The van der Waals surface area contributed by atoms with Crippen molar-refractivity contribution in [3.05, 3.63) is 53.8 Å². The third kappa shape index (κ3) is 4.47. The van der Waals surface area contributed by atoms with Crippen molar-refractivity contribution in [1.82, 2.24) is 20.5 Å². The van der Waals surface area contributed by atoms with E-state index in [4.69, 9.17) is 4.42 Å². The number of hydrogen-bond donors (Lipinski definition) is 3. The Labute approximate surface area is 145 Å². The molecule has 3 aromatic rings. The minimum atomic E-state index is -0.228. The maximum Gasteiger partial charge on any atom is 0.319 e. The summed E-state index contributed by atoms with van der Waals surface area (Å²) in [6.45, 7) is 4.42. The topological polar surface area (TPSA) is 95.8 Å². The summed E-state index contributed by atoms with van der Waals surface area (Å²) in [5, 5.41) is 12.3. The Kier molecular flexibility index (Phi) is 5.13. The lowest BCUT2D eigenvalue weighted by molar-refractivity contribution is 0.252. The number of carbonyl (C=O) groups excluding carboxylic acids is 1. The molecule has 0 spiro atoms. The second kappa shape index (κ2) is 7.65. The Morgan fingerprint density at radius 2 is 2.12 bits per heavy atom. The van der Waals surface area contributed by atoms with Gasteiger partial charge >= 0.3 is 6.03 Å². The fourth-order valence-corrected chi connectivity index (χ4v) is 2.48. The summed E-state index contributed by atoms with van der Waals surface area (Å²) in [5.41, 5.74) is 2.68. The molecule has 3 rings (SSSR count). The molecule has 0 fully saturated rings. The Morgan fingerprint density at radius 1 is 1.24 bits per heavy atom. The van der Waals surface area contributed by atoms with Crippen molar-refractivity contribution < 1.29 is 9.21 Å². The van der Waals surface area contributed by atoms with E-state index in [1.54, 1.807) is 0 Å². The number of aromatic nitrogens is 3. The molecule has 0 radical (unpaired) electrons. The molecule has 1 aromatic carbocycles. The van der Waals surface area contributed by atoms with E-state index in [-0.39, 0.29) is 6.03 Å². The van der Waals surface area contributed by atoms with Crippen LogP contribution in [0.5, 0.6) is 0 Å². The molecule has 0 unspecified atom stereocenters. The van der Waals surface area contributed by atoms with Crippen LogP contribution in [0.4, 0.5) is 10.5 Å². The molecule has 7 heteroatoms. The summed E-state index contributed by atoms with van der Waals surface area (Å²) >= 11 is 0.